The second-order valence-electron chi connectivity index (χ2n) is 5.58. The average Bonchev–Trinajstić information content (AvgIpc) is 3.07. The summed E-state index contributed by atoms with van der Waals surface area (Å²) >= 11 is 0. The number of rotatable bonds is 5. The summed E-state index contributed by atoms with van der Waals surface area (Å²) in [4.78, 5) is 2.31. The summed E-state index contributed by atoms with van der Waals surface area (Å²) in [5.74, 6) is 0.500. The number of anilines is 2. The molecular weight excluding hydrogens is 262 g/mol. The van der Waals surface area contributed by atoms with E-state index in [2.05, 4.69) is 18.7 Å². The molecule has 0 saturated heterocycles. The Morgan fingerprint density at radius 1 is 1.32 bits per heavy atom. The molecule has 0 radical (unpaired) electrons. The molecule has 1 aliphatic carbocycles. The van der Waals surface area contributed by atoms with Crippen LogP contribution in [0.3, 0.4) is 0 Å². The number of hydrogen-bond donors (Lipinski definition) is 2. The first kappa shape index (κ1) is 14.1. The summed E-state index contributed by atoms with van der Waals surface area (Å²) in [6.07, 6.45) is 2.29. The van der Waals surface area contributed by atoms with Crippen LogP contribution in [0.2, 0.25) is 0 Å². The van der Waals surface area contributed by atoms with Crippen LogP contribution in [-0.2, 0) is 10.0 Å². The van der Waals surface area contributed by atoms with Gasteiger partial charge in [0, 0.05) is 24.0 Å². The average molecular weight is 283 g/mol. The Bertz CT molecular complexity index is 565. The number of benzene rings is 1. The highest BCUT2D eigenvalue weighted by Crippen LogP contribution is 2.34. The van der Waals surface area contributed by atoms with Gasteiger partial charge in [-0.2, -0.15) is 0 Å². The van der Waals surface area contributed by atoms with Gasteiger partial charge in [-0.3, -0.25) is 0 Å². The van der Waals surface area contributed by atoms with Gasteiger partial charge in [0.1, 0.15) is 0 Å². The molecule has 1 saturated carbocycles. The second-order valence-corrected chi connectivity index (χ2v) is 7.14. The number of nitrogens with zero attached hydrogens (tertiary/aromatic N) is 1. The van der Waals surface area contributed by atoms with E-state index in [4.69, 9.17) is 10.9 Å². The fourth-order valence-electron chi connectivity index (χ4n) is 2.18. The molecule has 0 aromatic heterocycles. The van der Waals surface area contributed by atoms with Crippen LogP contribution in [0.5, 0.6) is 0 Å². The lowest BCUT2D eigenvalue weighted by Crippen LogP contribution is -2.30. The lowest BCUT2D eigenvalue weighted by atomic mass is 10.1. The Morgan fingerprint density at radius 2 is 1.95 bits per heavy atom. The summed E-state index contributed by atoms with van der Waals surface area (Å²) < 4.78 is 22.9. The molecule has 0 amide bonds. The Kier molecular flexibility index (Phi) is 3.73. The van der Waals surface area contributed by atoms with E-state index in [9.17, 15) is 8.42 Å². The highest BCUT2D eigenvalue weighted by atomic mass is 32.2. The number of hydrogen-bond acceptors (Lipinski definition) is 4. The number of primary sulfonamides is 1. The minimum Gasteiger partial charge on any atom is -0.399 e. The molecular formula is C13H21N3O2S. The number of nitrogens with two attached hydrogens (primary N) is 2. The van der Waals surface area contributed by atoms with Crippen LogP contribution >= 0.6 is 0 Å². The van der Waals surface area contributed by atoms with Crippen molar-refractivity contribution in [3.63, 3.8) is 0 Å². The van der Waals surface area contributed by atoms with E-state index in [0.29, 0.717) is 17.6 Å². The molecule has 5 nitrogen and oxygen atoms in total. The van der Waals surface area contributed by atoms with Crippen molar-refractivity contribution in [3.05, 3.63) is 18.2 Å². The van der Waals surface area contributed by atoms with Crippen molar-refractivity contribution in [2.45, 2.75) is 37.6 Å². The number of nitrogen functional groups attached to an aromatic ring is 1. The van der Waals surface area contributed by atoms with Crippen molar-refractivity contribution < 1.29 is 8.42 Å². The molecule has 1 fully saturated rings. The van der Waals surface area contributed by atoms with E-state index in [1.54, 1.807) is 6.07 Å². The molecule has 1 aliphatic rings. The second kappa shape index (κ2) is 5.02. The van der Waals surface area contributed by atoms with E-state index in [1.807, 2.05) is 6.07 Å². The van der Waals surface area contributed by atoms with E-state index < -0.39 is 10.0 Å². The number of sulfonamides is 1. The van der Waals surface area contributed by atoms with Crippen molar-refractivity contribution in [2.24, 2.45) is 11.1 Å². The van der Waals surface area contributed by atoms with Gasteiger partial charge in [-0.15, -0.1) is 0 Å². The molecule has 0 spiro atoms. The van der Waals surface area contributed by atoms with Gasteiger partial charge in [0.2, 0.25) is 10.0 Å². The Labute approximate surface area is 114 Å². The van der Waals surface area contributed by atoms with Crippen molar-refractivity contribution in [1.29, 1.82) is 0 Å². The van der Waals surface area contributed by atoms with Crippen molar-refractivity contribution in [1.82, 2.24) is 0 Å². The van der Waals surface area contributed by atoms with E-state index in [-0.39, 0.29) is 4.90 Å². The Morgan fingerprint density at radius 3 is 2.42 bits per heavy atom. The van der Waals surface area contributed by atoms with Crippen LogP contribution in [0.1, 0.15) is 26.7 Å². The summed E-state index contributed by atoms with van der Waals surface area (Å²) in [6, 6.07) is 5.33. The van der Waals surface area contributed by atoms with Crippen LogP contribution < -0.4 is 15.8 Å². The third-order valence-electron chi connectivity index (χ3n) is 3.12. The molecule has 0 bridgehead atoms. The van der Waals surface area contributed by atoms with Crippen LogP contribution in [0.4, 0.5) is 11.4 Å². The fraction of sp³-hybridized carbons (Fsp3) is 0.538. The van der Waals surface area contributed by atoms with Crippen LogP contribution in [0, 0.1) is 5.92 Å². The lowest BCUT2D eigenvalue weighted by Gasteiger charge is -2.27. The van der Waals surface area contributed by atoms with Gasteiger partial charge in [-0.1, -0.05) is 13.8 Å². The van der Waals surface area contributed by atoms with Gasteiger partial charge >= 0.3 is 0 Å². The van der Waals surface area contributed by atoms with Gasteiger partial charge in [0.15, 0.2) is 0 Å². The molecule has 1 aromatic rings. The van der Waals surface area contributed by atoms with Gasteiger partial charge in [-0.05, 0) is 37.0 Å². The highest BCUT2D eigenvalue weighted by Gasteiger charge is 2.30. The largest absolute Gasteiger partial charge is 0.399 e. The molecule has 0 atom stereocenters. The van der Waals surface area contributed by atoms with Crippen molar-refractivity contribution in [3.8, 4) is 0 Å². The zero-order chi connectivity index (χ0) is 14.2. The molecule has 1 aromatic carbocycles. The molecule has 0 heterocycles. The summed E-state index contributed by atoms with van der Waals surface area (Å²) in [5, 5.41) is 5.19. The van der Waals surface area contributed by atoms with E-state index >= 15 is 0 Å². The zero-order valence-electron chi connectivity index (χ0n) is 11.3. The molecule has 6 heteroatoms. The quantitative estimate of drug-likeness (QED) is 0.802. The maximum Gasteiger partial charge on any atom is 0.238 e. The first-order valence-electron chi connectivity index (χ1n) is 6.47. The third-order valence-corrected chi connectivity index (χ3v) is 4.02. The van der Waals surface area contributed by atoms with Crippen molar-refractivity contribution >= 4 is 21.4 Å². The van der Waals surface area contributed by atoms with Gasteiger partial charge in [0.05, 0.1) is 4.90 Å². The summed E-state index contributed by atoms with van der Waals surface area (Å²) in [7, 11) is -3.72. The minimum absolute atomic E-state index is 0.0805. The standard InChI is InChI=1S/C13H21N3O2S/c1-9(2)8-16(11-3-4-11)12-5-10(14)6-13(7-12)19(15,17)18/h5-7,9,11H,3-4,8,14H2,1-2H3,(H2,15,17,18). The van der Waals surface area contributed by atoms with Crippen LogP contribution in [0.25, 0.3) is 0 Å². The lowest BCUT2D eigenvalue weighted by molar-refractivity contribution is 0.596. The van der Waals surface area contributed by atoms with E-state index in [0.717, 1.165) is 25.1 Å². The maximum atomic E-state index is 11.5. The van der Waals surface area contributed by atoms with Gasteiger partial charge < -0.3 is 10.6 Å². The molecule has 4 N–H and O–H groups in total. The maximum absolute atomic E-state index is 11.5. The van der Waals surface area contributed by atoms with E-state index in [1.165, 1.54) is 6.07 Å². The predicted octanol–water partition coefficient (Wildman–Crippen LogP) is 1.54. The molecule has 19 heavy (non-hydrogen) atoms. The Hall–Kier alpha value is -1.27. The SMILES string of the molecule is CC(C)CN(c1cc(N)cc(S(N)(=O)=O)c1)C1CC1. The first-order valence-corrected chi connectivity index (χ1v) is 8.02. The zero-order valence-corrected chi connectivity index (χ0v) is 12.2. The fourth-order valence-corrected chi connectivity index (χ4v) is 2.77. The Balaban J connectivity index is 2.39. The monoisotopic (exact) mass is 283 g/mol. The first-order chi connectivity index (χ1) is 8.77. The topological polar surface area (TPSA) is 89.4 Å². The smallest absolute Gasteiger partial charge is 0.238 e. The molecule has 0 unspecified atom stereocenters. The third kappa shape index (κ3) is 3.61. The molecule has 2 rings (SSSR count). The van der Waals surface area contributed by atoms with Crippen LogP contribution in [0.15, 0.2) is 23.1 Å². The van der Waals surface area contributed by atoms with Gasteiger partial charge in [0.25, 0.3) is 0 Å². The van der Waals surface area contributed by atoms with Crippen molar-refractivity contribution in [2.75, 3.05) is 17.2 Å². The summed E-state index contributed by atoms with van der Waals surface area (Å²) in [5.41, 5.74) is 7.07. The minimum atomic E-state index is -3.72. The molecule has 106 valence electrons. The summed E-state index contributed by atoms with van der Waals surface area (Å²) in [6.45, 7) is 5.17. The normalized spacial score (nSPS) is 15.8. The predicted molar refractivity (Wildman–Crippen MR) is 77.4 cm³/mol. The highest BCUT2D eigenvalue weighted by molar-refractivity contribution is 7.89. The van der Waals surface area contributed by atoms with Crippen LogP contribution in [-0.4, -0.2) is 21.0 Å². The van der Waals surface area contributed by atoms with Gasteiger partial charge in [-0.25, -0.2) is 13.6 Å². The molecule has 0 aliphatic heterocycles.